The summed E-state index contributed by atoms with van der Waals surface area (Å²) in [6.45, 7) is 5.87. The van der Waals surface area contributed by atoms with E-state index in [9.17, 15) is 4.79 Å². The van der Waals surface area contributed by atoms with Crippen LogP contribution in [0.3, 0.4) is 0 Å². The summed E-state index contributed by atoms with van der Waals surface area (Å²) in [6, 6.07) is 0. The van der Waals surface area contributed by atoms with Crippen molar-refractivity contribution in [3.8, 4) is 0 Å². The molecular formula is C13H24O2. The van der Waals surface area contributed by atoms with E-state index in [2.05, 4.69) is 13.5 Å². The number of allylic oxidation sites excluding steroid dienone is 1. The number of carbonyl (C=O) groups excluding carboxylic acids is 1. The fourth-order valence-electron chi connectivity index (χ4n) is 1.69. The minimum absolute atomic E-state index is 0.0223. The number of carbonyl (C=O) groups is 1. The van der Waals surface area contributed by atoms with Gasteiger partial charge in [0.05, 0.1) is 13.0 Å². The van der Waals surface area contributed by atoms with E-state index in [0.29, 0.717) is 0 Å². The van der Waals surface area contributed by atoms with Gasteiger partial charge in [-0.3, -0.25) is 4.79 Å². The van der Waals surface area contributed by atoms with Gasteiger partial charge in [-0.25, -0.2) is 0 Å². The number of hydrogen-bond acceptors (Lipinski definition) is 2. The van der Waals surface area contributed by atoms with Crippen molar-refractivity contribution in [2.45, 2.75) is 51.9 Å². The molecule has 0 rings (SSSR count). The molecule has 0 aromatic carbocycles. The molecule has 2 heteroatoms. The molecular weight excluding hydrogens is 188 g/mol. The third-order valence-corrected chi connectivity index (χ3v) is 2.64. The summed E-state index contributed by atoms with van der Waals surface area (Å²) in [5.41, 5.74) is 0. The molecule has 15 heavy (non-hydrogen) atoms. The molecule has 88 valence electrons. The van der Waals surface area contributed by atoms with Crippen LogP contribution in [0.5, 0.6) is 0 Å². The second-order valence-electron chi connectivity index (χ2n) is 3.95. The number of rotatable bonds is 9. The summed E-state index contributed by atoms with van der Waals surface area (Å²) in [4.78, 5) is 11.4. The highest BCUT2D eigenvalue weighted by Crippen LogP contribution is 2.16. The van der Waals surface area contributed by atoms with E-state index >= 15 is 0 Å². The summed E-state index contributed by atoms with van der Waals surface area (Å²) in [7, 11) is 1.45. The zero-order valence-corrected chi connectivity index (χ0v) is 10.1. The fourth-order valence-corrected chi connectivity index (χ4v) is 1.69. The Morgan fingerprint density at radius 1 is 1.33 bits per heavy atom. The summed E-state index contributed by atoms with van der Waals surface area (Å²) in [5.74, 6) is -0.0699. The molecule has 0 N–H and O–H groups in total. The summed E-state index contributed by atoms with van der Waals surface area (Å²) >= 11 is 0. The summed E-state index contributed by atoms with van der Waals surface area (Å²) < 4.78 is 4.76. The molecule has 0 saturated carbocycles. The lowest BCUT2D eigenvalue weighted by Gasteiger charge is -2.11. The van der Waals surface area contributed by atoms with Gasteiger partial charge in [-0.2, -0.15) is 0 Å². The van der Waals surface area contributed by atoms with Crippen LogP contribution in [0.25, 0.3) is 0 Å². The Morgan fingerprint density at radius 3 is 2.53 bits per heavy atom. The Bertz CT molecular complexity index is 175. The number of hydrogen-bond donors (Lipinski definition) is 0. The topological polar surface area (TPSA) is 26.3 Å². The molecule has 2 nitrogen and oxygen atoms in total. The van der Waals surface area contributed by atoms with Crippen molar-refractivity contribution in [2.75, 3.05) is 7.11 Å². The third-order valence-electron chi connectivity index (χ3n) is 2.64. The smallest absolute Gasteiger partial charge is 0.308 e. The van der Waals surface area contributed by atoms with Gasteiger partial charge in [-0.15, -0.1) is 6.58 Å². The first-order valence-electron chi connectivity index (χ1n) is 5.95. The maximum atomic E-state index is 11.4. The highest BCUT2D eigenvalue weighted by Gasteiger charge is 2.16. The van der Waals surface area contributed by atoms with Gasteiger partial charge in [-0.05, 0) is 12.8 Å². The lowest BCUT2D eigenvalue weighted by molar-refractivity contribution is -0.145. The van der Waals surface area contributed by atoms with Gasteiger partial charge in [0.25, 0.3) is 0 Å². The molecule has 0 saturated heterocycles. The number of esters is 1. The van der Waals surface area contributed by atoms with Gasteiger partial charge >= 0.3 is 5.97 Å². The maximum absolute atomic E-state index is 11.4. The molecule has 0 fully saturated rings. The van der Waals surface area contributed by atoms with Crippen LogP contribution in [-0.2, 0) is 9.53 Å². The van der Waals surface area contributed by atoms with E-state index in [4.69, 9.17) is 4.74 Å². The quantitative estimate of drug-likeness (QED) is 0.331. The van der Waals surface area contributed by atoms with Crippen molar-refractivity contribution in [3.05, 3.63) is 12.7 Å². The van der Waals surface area contributed by atoms with Crippen molar-refractivity contribution in [2.24, 2.45) is 5.92 Å². The molecule has 0 aliphatic heterocycles. The zero-order valence-electron chi connectivity index (χ0n) is 10.1. The van der Waals surface area contributed by atoms with Crippen LogP contribution in [0.2, 0.25) is 0 Å². The Labute approximate surface area is 93.7 Å². The fraction of sp³-hybridized carbons (Fsp3) is 0.769. The molecule has 0 aromatic rings. The number of ether oxygens (including phenoxy) is 1. The molecule has 0 aliphatic rings. The SMILES string of the molecule is C=CCC(CCCCCCC)C(=O)OC. The van der Waals surface area contributed by atoms with E-state index in [0.717, 1.165) is 19.3 Å². The van der Waals surface area contributed by atoms with Crippen molar-refractivity contribution in [1.29, 1.82) is 0 Å². The first-order valence-corrected chi connectivity index (χ1v) is 5.95. The van der Waals surface area contributed by atoms with Gasteiger partial charge < -0.3 is 4.74 Å². The second kappa shape index (κ2) is 9.75. The van der Waals surface area contributed by atoms with Crippen molar-refractivity contribution < 1.29 is 9.53 Å². The standard InChI is InChI=1S/C13H24O2/c1-4-6-7-8-9-11-12(10-5-2)13(14)15-3/h5,12H,2,4,6-11H2,1,3H3. The van der Waals surface area contributed by atoms with Crippen LogP contribution < -0.4 is 0 Å². The molecule has 1 unspecified atom stereocenters. The normalized spacial score (nSPS) is 12.1. The van der Waals surface area contributed by atoms with Gasteiger partial charge in [-0.1, -0.05) is 45.1 Å². The predicted molar refractivity (Wildman–Crippen MR) is 63.7 cm³/mol. The van der Waals surface area contributed by atoms with E-state index in [1.165, 1.54) is 32.8 Å². The minimum Gasteiger partial charge on any atom is -0.469 e. The van der Waals surface area contributed by atoms with E-state index in [-0.39, 0.29) is 11.9 Å². The second-order valence-corrected chi connectivity index (χ2v) is 3.95. The Hall–Kier alpha value is -0.790. The zero-order chi connectivity index (χ0) is 11.5. The van der Waals surface area contributed by atoms with Gasteiger partial charge in [0, 0.05) is 0 Å². The predicted octanol–water partition coefficient (Wildman–Crippen LogP) is 3.71. The van der Waals surface area contributed by atoms with Gasteiger partial charge in [0.1, 0.15) is 0 Å². The molecule has 0 bridgehead atoms. The maximum Gasteiger partial charge on any atom is 0.308 e. The molecule has 0 aromatic heterocycles. The highest BCUT2D eigenvalue weighted by atomic mass is 16.5. The lowest BCUT2D eigenvalue weighted by Crippen LogP contribution is -2.15. The van der Waals surface area contributed by atoms with Crippen molar-refractivity contribution in [3.63, 3.8) is 0 Å². The molecule has 0 amide bonds. The molecule has 0 aliphatic carbocycles. The molecule has 0 radical (unpaired) electrons. The van der Waals surface area contributed by atoms with Crippen molar-refractivity contribution in [1.82, 2.24) is 0 Å². The summed E-state index contributed by atoms with van der Waals surface area (Å²) in [6.07, 6.45) is 9.64. The van der Waals surface area contributed by atoms with E-state index < -0.39 is 0 Å². The number of methoxy groups -OCH3 is 1. The van der Waals surface area contributed by atoms with Crippen LogP contribution >= 0.6 is 0 Å². The first kappa shape index (κ1) is 14.2. The molecule has 0 heterocycles. The highest BCUT2D eigenvalue weighted by molar-refractivity contribution is 5.72. The Kier molecular flexibility index (Phi) is 9.24. The van der Waals surface area contributed by atoms with Crippen molar-refractivity contribution >= 4 is 5.97 Å². The molecule has 1 atom stereocenters. The minimum atomic E-state index is -0.0922. The Balaban J connectivity index is 3.66. The third kappa shape index (κ3) is 7.18. The van der Waals surface area contributed by atoms with Gasteiger partial charge in [0.2, 0.25) is 0 Å². The van der Waals surface area contributed by atoms with Crippen LogP contribution in [0.4, 0.5) is 0 Å². The van der Waals surface area contributed by atoms with E-state index in [1.807, 2.05) is 0 Å². The van der Waals surface area contributed by atoms with Crippen LogP contribution in [0.15, 0.2) is 12.7 Å². The van der Waals surface area contributed by atoms with Crippen LogP contribution in [0, 0.1) is 5.92 Å². The van der Waals surface area contributed by atoms with Gasteiger partial charge in [0.15, 0.2) is 0 Å². The largest absolute Gasteiger partial charge is 0.469 e. The first-order chi connectivity index (χ1) is 7.26. The molecule has 0 spiro atoms. The van der Waals surface area contributed by atoms with Crippen LogP contribution in [-0.4, -0.2) is 13.1 Å². The summed E-state index contributed by atoms with van der Waals surface area (Å²) in [5, 5.41) is 0. The van der Waals surface area contributed by atoms with E-state index in [1.54, 1.807) is 6.08 Å². The average Bonchev–Trinajstić information content (AvgIpc) is 2.26. The van der Waals surface area contributed by atoms with Crippen LogP contribution in [0.1, 0.15) is 51.9 Å². The number of unbranched alkanes of at least 4 members (excludes halogenated alkanes) is 4. The Morgan fingerprint density at radius 2 is 2.00 bits per heavy atom. The lowest BCUT2D eigenvalue weighted by atomic mass is 9.97. The average molecular weight is 212 g/mol. The monoisotopic (exact) mass is 212 g/mol.